The summed E-state index contributed by atoms with van der Waals surface area (Å²) in [6, 6.07) is -0.581. The summed E-state index contributed by atoms with van der Waals surface area (Å²) in [5.41, 5.74) is 0. The number of hydrogen-bond acceptors (Lipinski definition) is 5. The molecule has 2 fully saturated rings. The molecule has 2 aliphatic rings. The highest BCUT2D eigenvalue weighted by atomic mass is 16.5. The molecule has 0 aromatic carbocycles. The molecule has 7 nitrogen and oxygen atoms in total. The fraction of sp³-hybridized carbons (Fsp3) is 0.800. The van der Waals surface area contributed by atoms with Gasteiger partial charge < -0.3 is 25.6 Å². The third-order valence-corrected chi connectivity index (χ3v) is 5.57. The van der Waals surface area contributed by atoms with Crippen LogP contribution in [0.1, 0.15) is 51.9 Å². The maximum absolute atomic E-state index is 12.1. The van der Waals surface area contributed by atoms with Gasteiger partial charge in [-0.25, -0.2) is 0 Å². The van der Waals surface area contributed by atoms with Crippen molar-refractivity contribution >= 4 is 11.9 Å². The normalized spacial score (nSPS) is 27.9. The lowest BCUT2D eigenvalue weighted by Gasteiger charge is -2.29. The van der Waals surface area contributed by atoms with Gasteiger partial charge in [0.1, 0.15) is 6.04 Å². The van der Waals surface area contributed by atoms with Crippen LogP contribution in [-0.4, -0.2) is 60.0 Å². The van der Waals surface area contributed by atoms with Crippen LogP contribution in [0.2, 0.25) is 0 Å². The van der Waals surface area contributed by atoms with Gasteiger partial charge >= 0.3 is 5.97 Å². The summed E-state index contributed by atoms with van der Waals surface area (Å²) >= 11 is 0. The predicted octanol–water partition coefficient (Wildman–Crippen LogP) is 1.46. The minimum atomic E-state index is -0.752. The molecular weight excluding hydrogens is 348 g/mol. The monoisotopic (exact) mass is 382 g/mol. The minimum Gasteiger partial charge on any atom is -0.481 e. The number of unbranched alkanes of at least 4 members (excludes halogenated alkanes) is 1. The Bertz CT molecular complexity index is 511. The average Bonchev–Trinajstić information content (AvgIpc) is 3.25. The van der Waals surface area contributed by atoms with Crippen LogP contribution in [0.15, 0.2) is 12.2 Å². The predicted molar refractivity (Wildman–Crippen MR) is 102 cm³/mol. The van der Waals surface area contributed by atoms with Gasteiger partial charge in [-0.05, 0) is 44.4 Å². The maximum atomic E-state index is 12.1. The SMILES string of the molecule is CCCNC(=O)C(CO)NC[C@@H]1[C@@H](CC=CCCCC(=O)O)[C@H]2CC[C@@H]1O2. The van der Waals surface area contributed by atoms with Crippen LogP contribution in [0.4, 0.5) is 0 Å². The second-order valence-corrected chi connectivity index (χ2v) is 7.55. The number of nitrogens with one attached hydrogen (secondary N) is 2. The van der Waals surface area contributed by atoms with Crippen molar-refractivity contribution < 1.29 is 24.5 Å². The first-order chi connectivity index (χ1) is 13.1. The second kappa shape index (κ2) is 11.4. The Kier molecular flexibility index (Phi) is 9.24. The van der Waals surface area contributed by atoms with E-state index in [4.69, 9.17) is 9.84 Å². The molecule has 2 saturated heterocycles. The number of amides is 1. The first-order valence-corrected chi connectivity index (χ1v) is 10.2. The third kappa shape index (κ3) is 6.59. The Morgan fingerprint density at radius 1 is 1.22 bits per heavy atom. The highest BCUT2D eigenvalue weighted by Gasteiger charge is 2.48. The van der Waals surface area contributed by atoms with Gasteiger partial charge in [0.05, 0.1) is 18.8 Å². The molecule has 2 rings (SSSR count). The standard InChI is InChI=1S/C20H34N2O5/c1-2-11-21-20(26)16(13-23)22-12-15-14(17-9-10-18(15)27-17)7-5-3-4-6-8-19(24)25/h3,5,14-18,22-23H,2,4,6-13H2,1H3,(H,21,26)(H,24,25)/t14-,15-,16?,17-,18+/m1/s1. The number of aliphatic carboxylic acids is 1. The summed E-state index contributed by atoms with van der Waals surface area (Å²) in [6.07, 6.45) is 10.3. The first kappa shape index (κ1) is 21.9. The molecule has 5 atom stereocenters. The smallest absolute Gasteiger partial charge is 0.303 e. The highest BCUT2D eigenvalue weighted by Crippen LogP contribution is 2.44. The number of aliphatic hydroxyl groups excluding tert-OH is 1. The van der Waals surface area contributed by atoms with Crippen LogP contribution in [0.25, 0.3) is 0 Å². The number of allylic oxidation sites excluding steroid dienone is 2. The molecular formula is C20H34N2O5. The number of carbonyl (C=O) groups excluding carboxylic acids is 1. The zero-order valence-corrected chi connectivity index (χ0v) is 16.2. The lowest BCUT2D eigenvalue weighted by molar-refractivity contribution is -0.137. The van der Waals surface area contributed by atoms with Crippen molar-refractivity contribution in [2.75, 3.05) is 19.7 Å². The summed E-state index contributed by atoms with van der Waals surface area (Å²) in [5.74, 6) is -0.166. The number of carboxylic acid groups (broad SMARTS) is 1. The van der Waals surface area contributed by atoms with Gasteiger partial charge in [0.25, 0.3) is 0 Å². The molecule has 0 aliphatic carbocycles. The van der Waals surface area contributed by atoms with Gasteiger partial charge in [-0.2, -0.15) is 0 Å². The van der Waals surface area contributed by atoms with Crippen LogP contribution < -0.4 is 10.6 Å². The van der Waals surface area contributed by atoms with E-state index in [0.717, 1.165) is 32.1 Å². The van der Waals surface area contributed by atoms with Crippen molar-refractivity contribution in [3.05, 3.63) is 12.2 Å². The molecule has 27 heavy (non-hydrogen) atoms. The molecule has 0 aromatic rings. The molecule has 1 amide bonds. The highest BCUT2D eigenvalue weighted by molar-refractivity contribution is 5.81. The van der Waals surface area contributed by atoms with Crippen molar-refractivity contribution in [3.8, 4) is 0 Å². The number of fused-ring (bicyclic) bond motifs is 2. The number of ether oxygens (including phenoxy) is 1. The Morgan fingerprint density at radius 3 is 2.63 bits per heavy atom. The van der Waals surface area contributed by atoms with Gasteiger partial charge in [-0.3, -0.25) is 9.59 Å². The molecule has 1 unspecified atom stereocenters. The van der Waals surface area contributed by atoms with E-state index in [0.29, 0.717) is 31.3 Å². The van der Waals surface area contributed by atoms with E-state index in [1.807, 2.05) is 6.92 Å². The topological polar surface area (TPSA) is 108 Å². The molecule has 2 aliphatic heterocycles. The van der Waals surface area contributed by atoms with E-state index < -0.39 is 12.0 Å². The Hall–Kier alpha value is -1.44. The molecule has 2 bridgehead atoms. The zero-order valence-electron chi connectivity index (χ0n) is 16.2. The quantitative estimate of drug-likeness (QED) is 0.284. The van der Waals surface area contributed by atoms with Gasteiger partial charge in [-0.15, -0.1) is 0 Å². The lowest BCUT2D eigenvalue weighted by Crippen LogP contribution is -2.49. The average molecular weight is 383 g/mol. The van der Waals surface area contributed by atoms with E-state index in [9.17, 15) is 14.7 Å². The fourth-order valence-electron chi connectivity index (χ4n) is 4.11. The molecule has 0 spiro atoms. The van der Waals surface area contributed by atoms with Crippen molar-refractivity contribution in [1.82, 2.24) is 10.6 Å². The summed E-state index contributed by atoms with van der Waals surface area (Å²) in [5, 5.41) is 24.2. The Morgan fingerprint density at radius 2 is 1.96 bits per heavy atom. The summed E-state index contributed by atoms with van der Waals surface area (Å²) in [4.78, 5) is 22.6. The second-order valence-electron chi connectivity index (χ2n) is 7.55. The number of aliphatic hydroxyl groups is 1. The summed E-state index contributed by atoms with van der Waals surface area (Å²) < 4.78 is 6.08. The van der Waals surface area contributed by atoms with E-state index in [-0.39, 0.29) is 31.1 Å². The molecule has 0 saturated carbocycles. The number of hydrogen-bond donors (Lipinski definition) is 4. The molecule has 0 radical (unpaired) electrons. The van der Waals surface area contributed by atoms with Crippen LogP contribution in [0, 0.1) is 11.8 Å². The van der Waals surface area contributed by atoms with Crippen molar-refractivity contribution in [2.24, 2.45) is 11.8 Å². The maximum Gasteiger partial charge on any atom is 0.303 e. The Labute approximate surface area is 161 Å². The third-order valence-electron chi connectivity index (χ3n) is 5.57. The van der Waals surface area contributed by atoms with E-state index in [1.54, 1.807) is 0 Å². The fourth-order valence-corrected chi connectivity index (χ4v) is 4.11. The van der Waals surface area contributed by atoms with E-state index in [2.05, 4.69) is 22.8 Å². The zero-order chi connectivity index (χ0) is 19.6. The van der Waals surface area contributed by atoms with Crippen LogP contribution >= 0.6 is 0 Å². The Balaban J connectivity index is 1.80. The molecule has 4 N–H and O–H groups in total. The van der Waals surface area contributed by atoms with Crippen LogP contribution in [0.3, 0.4) is 0 Å². The largest absolute Gasteiger partial charge is 0.481 e. The number of carbonyl (C=O) groups is 2. The van der Waals surface area contributed by atoms with E-state index in [1.165, 1.54) is 0 Å². The number of rotatable bonds is 13. The molecule has 0 aromatic heterocycles. The van der Waals surface area contributed by atoms with Gasteiger partial charge in [-0.1, -0.05) is 19.1 Å². The van der Waals surface area contributed by atoms with Crippen molar-refractivity contribution in [2.45, 2.75) is 70.1 Å². The summed E-state index contributed by atoms with van der Waals surface area (Å²) in [7, 11) is 0. The van der Waals surface area contributed by atoms with Gasteiger partial charge in [0.15, 0.2) is 0 Å². The van der Waals surface area contributed by atoms with Crippen LogP contribution in [-0.2, 0) is 14.3 Å². The van der Waals surface area contributed by atoms with Gasteiger partial charge in [0.2, 0.25) is 5.91 Å². The minimum absolute atomic E-state index is 0.154. The first-order valence-electron chi connectivity index (χ1n) is 10.2. The van der Waals surface area contributed by atoms with E-state index >= 15 is 0 Å². The lowest BCUT2D eigenvalue weighted by atomic mass is 9.77. The van der Waals surface area contributed by atoms with Crippen LogP contribution in [0.5, 0.6) is 0 Å². The molecule has 7 heteroatoms. The van der Waals surface area contributed by atoms with Gasteiger partial charge in [0, 0.05) is 25.4 Å². The molecule has 2 heterocycles. The van der Waals surface area contributed by atoms with Crippen molar-refractivity contribution in [1.29, 1.82) is 0 Å². The number of carboxylic acids is 1. The summed E-state index contributed by atoms with van der Waals surface area (Å²) in [6.45, 7) is 3.05. The molecule has 154 valence electrons. The van der Waals surface area contributed by atoms with Crippen molar-refractivity contribution in [3.63, 3.8) is 0 Å².